The van der Waals surface area contributed by atoms with Crippen molar-refractivity contribution in [2.24, 2.45) is 0 Å². The SMILES string of the molecule is COCCNCCNC(=O)c1ccc(C(C)=O)cc1. The highest BCUT2D eigenvalue weighted by molar-refractivity contribution is 5.97. The summed E-state index contributed by atoms with van der Waals surface area (Å²) < 4.78 is 4.89. The van der Waals surface area contributed by atoms with Crippen LogP contribution in [0.5, 0.6) is 0 Å². The lowest BCUT2D eigenvalue weighted by Crippen LogP contribution is -2.33. The standard InChI is InChI=1S/C14H20N2O3/c1-11(17)12-3-5-13(6-4-12)14(18)16-8-7-15-9-10-19-2/h3-6,15H,7-10H2,1-2H3,(H,16,18). The van der Waals surface area contributed by atoms with Crippen LogP contribution >= 0.6 is 0 Å². The molecule has 1 aromatic rings. The zero-order chi connectivity index (χ0) is 14.1. The van der Waals surface area contributed by atoms with Crippen molar-refractivity contribution in [2.45, 2.75) is 6.92 Å². The lowest BCUT2D eigenvalue weighted by Gasteiger charge is -2.07. The van der Waals surface area contributed by atoms with Crippen LogP contribution in [0.15, 0.2) is 24.3 Å². The lowest BCUT2D eigenvalue weighted by molar-refractivity contribution is 0.0951. The van der Waals surface area contributed by atoms with Crippen LogP contribution in [0, 0.1) is 0 Å². The average Bonchev–Trinajstić information content (AvgIpc) is 2.42. The summed E-state index contributed by atoms with van der Waals surface area (Å²) in [5.74, 6) is -0.141. The van der Waals surface area contributed by atoms with Crippen LogP contribution in [-0.4, -0.2) is 45.0 Å². The summed E-state index contributed by atoms with van der Waals surface area (Å²) in [5.41, 5.74) is 1.17. The Balaban J connectivity index is 2.31. The Morgan fingerprint density at radius 2 is 1.68 bits per heavy atom. The third-order valence-electron chi connectivity index (χ3n) is 2.62. The number of Topliss-reactive ketones (excluding diaryl/α,β-unsaturated/α-hetero) is 1. The van der Waals surface area contributed by atoms with E-state index >= 15 is 0 Å². The molecule has 0 bridgehead atoms. The summed E-state index contributed by atoms with van der Waals surface area (Å²) in [5, 5.41) is 5.93. The first kappa shape index (κ1) is 15.3. The van der Waals surface area contributed by atoms with Gasteiger partial charge in [-0.25, -0.2) is 0 Å². The minimum Gasteiger partial charge on any atom is -0.383 e. The van der Waals surface area contributed by atoms with E-state index in [1.54, 1.807) is 31.4 Å². The van der Waals surface area contributed by atoms with Gasteiger partial charge in [0.1, 0.15) is 0 Å². The first-order chi connectivity index (χ1) is 9.15. The molecule has 2 N–H and O–H groups in total. The molecule has 0 fully saturated rings. The fourth-order valence-corrected chi connectivity index (χ4v) is 1.52. The van der Waals surface area contributed by atoms with Crippen LogP contribution in [0.25, 0.3) is 0 Å². The number of ether oxygens (including phenoxy) is 1. The van der Waals surface area contributed by atoms with Gasteiger partial charge in [-0.05, 0) is 19.1 Å². The molecule has 0 heterocycles. The van der Waals surface area contributed by atoms with Crippen molar-refractivity contribution < 1.29 is 14.3 Å². The predicted octanol–water partition coefficient (Wildman–Crippen LogP) is 0.855. The third-order valence-corrected chi connectivity index (χ3v) is 2.62. The minimum absolute atomic E-state index is 0.00528. The zero-order valence-electron chi connectivity index (χ0n) is 11.4. The van der Waals surface area contributed by atoms with Gasteiger partial charge in [0.05, 0.1) is 6.61 Å². The van der Waals surface area contributed by atoms with E-state index in [9.17, 15) is 9.59 Å². The molecule has 5 heteroatoms. The summed E-state index contributed by atoms with van der Waals surface area (Å²) >= 11 is 0. The first-order valence-electron chi connectivity index (χ1n) is 6.24. The number of carbonyl (C=O) groups excluding carboxylic acids is 2. The molecule has 0 saturated heterocycles. The number of benzene rings is 1. The fraction of sp³-hybridized carbons (Fsp3) is 0.429. The topological polar surface area (TPSA) is 67.4 Å². The summed E-state index contributed by atoms with van der Waals surface area (Å²) in [4.78, 5) is 22.9. The highest BCUT2D eigenvalue weighted by Crippen LogP contribution is 2.04. The van der Waals surface area contributed by atoms with E-state index in [2.05, 4.69) is 10.6 Å². The van der Waals surface area contributed by atoms with Crippen LogP contribution in [0.3, 0.4) is 0 Å². The van der Waals surface area contributed by atoms with Gasteiger partial charge in [-0.2, -0.15) is 0 Å². The molecular formula is C14H20N2O3. The second-order valence-corrected chi connectivity index (χ2v) is 4.13. The Bertz CT molecular complexity index is 415. The Kier molecular flexibility index (Phi) is 6.78. The van der Waals surface area contributed by atoms with E-state index < -0.39 is 0 Å². The molecule has 104 valence electrons. The predicted molar refractivity (Wildman–Crippen MR) is 73.5 cm³/mol. The number of hydrogen-bond donors (Lipinski definition) is 2. The van der Waals surface area contributed by atoms with Crippen LogP contribution in [0.2, 0.25) is 0 Å². The van der Waals surface area contributed by atoms with E-state index in [4.69, 9.17) is 4.74 Å². The van der Waals surface area contributed by atoms with Gasteiger partial charge in [0, 0.05) is 37.9 Å². The van der Waals surface area contributed by atoms with Crippen molar-refractivity contribution in [3.63, 3.8) is 0 Å². The highest BCUT2D eigenvalue weighted by Gasteiger charge is 2.05. The molecule has 5 nitrogen and oxygen atoms in total. The van der Waals surface area contributed by atoms with Gasteiger partial charge in [0.2, 0.25) is 0 Å². The van der Waals surface area contributed by atoms with Crippen molar-refractivity contribution in [2.75, 3.05) is 33.4 Å². The van der Waals surface area contributed by atoms with E-state index in [0.717, 1.165) is 6.54 Å². The Morgan fingerprint density at radius 3 is 2.26 bits per heavy atom. The van der Waals surface area contributed by atoms with Crippen LogP contribution in [0.4, 0.5) is 0 Å². The van der Waals surface area contributed by atoms with Gasteiger partial charge in [0.15, 0.2) is 5.78 Å². The molecule has 1 rings (SSSR count). The van der Waals surface area contributed by atoms with Gasteiger partial charge in [-0.15, -0.1) is 0 Å². The average molecular weight is 264 g/mol. The lowest BCUT2D eigenvalue weighted by atomic mass is 10.1. The normalized spacial score (nSPS) is 10.2. The summed E-state index contributed by atoms with van der Waals surface area (Å²) in [6, 6.07) is 6.64. The largest absolute Gasteiger partial charge is 0.383 e. The smallest absolute Gasteiger partial charge is 0.251 e. The second-order valence-electron chi connectivity index (χ2n) is 4.13. The van der Waals surface area contributed by atoms with Gasteiger partial charge >= 0.3 is 0 Å². The maximum Gasteiger partial charge on any atom is 0.251 e. The van der Waals surface area contributed by atoms with Crippen molar-refractivity contribution in [3.05, 3.63) is 35.4 Å². The quantitative estimate of drug-likeness (QED) is 0.540. The molecule has 0 aliphatic carbocycles. The second kappa shape index (κ2) is 8.39. The maximum atomic E-state index is 11.8. The van der Waals surface area contributed by atoms with E-state index in [-0.39, 0.29) is 11.7 Å². The summed E-state index contributed by atoms with van der Waals surface area (Å²) in [6.07, 6.45) is 0. The fourth-order valence-electron chi connectivity index (χ4n) is 1.52. The van der Waals surface area contributed by atoms with E-state index in [1.807, 2.05) is 0 Å². The van der Waals surface area contributed by atoms with E-state index in [1.165, 1.54) is 6.92 Å². The molecule has 0 aromatic heterocycles. The maximum absolute atomic E-state index is 11.8. The molecule has 0 unspecified atom stereocenters. The number of carbonyl (C=O) groups is 2. The summed E-state index contributed by atoms with van der Waals surface area (Å²) in [6.45, 7) is 4.17. The molecule has 0 saturated carbocycles. The molecule has 0 aliphatic heterocycles. The molecule has 19 heavy (non-hydrogen) atoms. The number of hydrogen-bond acceptors (Lipinski definition) is 4. The van der Waals surface area contributed by atoms with Gasteiger partial charge < -0.3 is 15.4 Å². The van der Waals surface area contributed by atoms with Crippen LogP contribution in [0.1, 0.15) is 27.6 Å². The van der Waals surface area contributed by atoms with E-state index in [0.29, 0.717) is 30.8 Å². The van der Waals surface area contributed by atoms with Gasteiger partial charge in [-0.1, -0.05) is 12.1 Å². The zero-order valence-corrected chi connectivity index (χ0v) is 11.4. The number of nitrogens with one attached hydrogen (secondary N) is 2. The number of amides is 1. The molecule has 1 amide bonds. The van der Waals surface area contributed by atoms with Gasteiger partial charge in [-0.3, -0.25) is 9.59 Å². The first-order valence-corrected chi connectivity index (χ1v) is 6.24. The summed E-state index contributed by atoms with van der Waals surface area (Å²) in [7, 11) is 1.65. The molecule has 0 aliphatic rings. The van der Waals surface area contributed by atoms with Crippen molar-refractivity contribution in [1.29, 1.82) is 0 Å². The number of ketones is 1. The molecule has 1 aromatic carbocycles. The molecule has 0 radical (unpaired) electrons. The number of rotatable bonds is 8. The molecular weight excluding hydrogens is 244 g/mol. The number of methoxy groups -OCH3 is 1. The molecule has 0 atom stereocenters. The highest BCUT2D eigenvalue weighted by atomic mass is 16.5. The Labute approximate surface area is 113 Å². The van der Waals surface area contributed by atoms with Gasteiger partial charge in [0.25, 0.3) is 5.91 Å². The Morgan fingerprint density at radius 1 is 1.05 bits per heavy atom. The Hall–Kier alpha value is -1.72. The van der Waals surface area contributed by atoms with Crippen molar-refractivity contribution in [1.82, 2.24) is 10.6 Å². The van der Waals surface area contributed by atoms with Crippen molar-refractivity contribution >= 4 is 11.7 Å². The van der Waals surface area contributed by atoms with Crippen molar-refractivity contribution in [3.8, 4) is 0 Å². The van der Waals surface area contributed by atoms with Crippen LogP contribution in [-0.2, 0) is 4.74 Å². The molecule has 0 spiro atoms. The third kappa shape index (κ3) is 5.63. The minimum atomic E-state index is -0.136. The van der Waals surface area contributed by atoms with Crippen LogP contribution < -0.4 is 10.6 Å². The monoisotopic (exact) mass is 264 g/mol.